The summed E-state index contributed by atoms with van der Waals surface area (Å²) in [5.41, 5.74) is 3.00. The molecule has 5 heteroatoms. The first kappa shape index (κ1) is 11.0. The first-order valence-corrected chi connectivity index (χ1v) is 5.40. The number of fused-ring (bicyclic) bond motifs is 1. The third kappa shape index (κ3) is 2.19. The van der Waals surface area contributed by atoms with Crippen molar-refractivity contribution in [3.8, 4) is 0 Å². The first-order valence-electron chi connectivity index (χ1n) is 4.95. The van der Waals surface area contributed by atoms with Crippen molar-refractivity contribution in [2.45, 2.75) is 13.5 Å². The quantitative estimate of drug-likeness (QED) is 0.785. The average Bonchev–Trinajstić information content (AvgIpc) is 2.57. The molecule has 0 saturated carbocycles. The molecule has 0 radical (unpaired) electrons. The lowest BCUT2D eigenvalue weighted by molar-refractivity contribution is 0.232. The third-order valence-electron chi connectivity index (χ3n) is 2.41. The van der Waals surface area contributed by atoms with E-state index in [1.807, 2.05) is 25.1 Å². The van der Waals surface area contributed by atoms with E-state index in [2.05, 4.69) is 22.6 Å². The van der Waals surface area contributed by atoms with Gasteiger partial charge >= 0.3 is 0 Å². The maximum absolute atomic E-state index is 11.0. The van der Waals surface area contributed by atoms with Gasteiger partial charge in [0.1, 0.15) is 5.82 Å². The van der Waals surface area contributed by atoms with E-state index in [0.29, 0.717) is 6.54 Å². The van der Waals surface area contributed by atoms with Crippen molar-refractivity contribution in [2.24, 2.45) is 0 Å². The van der Waals surface area contributed by atoms with Crippen molar-refractivity contribution in [1.29, 1.82) is 0 Å². The zero-order chi connectivity index (χ0) is 11.7. The average molecular weight is 235 g/mol. The van der Waals surface area contributed by atoms with E-state index in [1.54, 1.807) is 11.9 Å². The molecule has 0 aliphatic carbocycles. The molecule has 0 atom stereocenters. The molecule has 0 fully saturated rings. The maximum atomic E-state index is 11.0. The number of aromatic amines is 1. The molecule has 1 aromatic heterocycles. The van der Waals surface area contributed by atoms with Gasteiger partial charge in [-0.3, -0.25) is 4.79 Å². The lowest BCUT2D eigenvalue weighted by Crippen LogP contribution is -2.20. The second-order valence-corrected chi connectivity index (χ2v) is 4.19. The van der Waals surface area contributed by atoms with Crippen LogP contribution >= 0.6 is 12.6 Å². The molecule has 16 heavy (non-hydrogen) atoms. The molecule has 2 aromatic rings. The molecule has 1 N–H and O–H groups in total. The van der Waals surface area contributed by atoms with Gasteiger partial charge in [-0.05, 0) is 24.6 Å². The molecule has 4 nitrogen and oxygen atoms in total. The molecule has 2 rings (SSSR count). The van der Waals surface area contributed by atoms with Gasteiger partial charge in [-0.25, -0.2) is 4.98 Å². The molecule has 0 aliphatic rings. The summed E-state index contributed by atoms with van der Waals surface area (Å²) in [6.07, 6.45) is 0. The van der Waals surface area contributed by atoms with Gasteiger partial charge in [-0.15, -0.1) is 0 Å². The largest absolute Gasteiger partial charge is 0.342 e. The lowest BCUT2D eigenvalue weighted by Gasteiger charge is -2.13. The van der Waals surface area contributed by atoms with Gasteiger partial charge in [0, 0.05) is 13.6 Å². The summed E-state index contributed by atoms with van der Waals surface area (Å²) >= 11 is 3.77. The summed E-state index contributed by atoms with van der Waals surface area (Å²) in [7, 11) is 1.72. The van der Waals surface area contributed by atoms with Crippen molar-refractivity contribution >= 4 is 28.9 Å². The number of aromatic nitrogens is 2. The number of hydrogen-bond donors (Lipinski definition) is 2. The van der Waals surface area contributed by atoms with Crippen LogP contribution in [0, 0.1) is 6.92 Å². The van der Waals surface area contributed by atoms with Crippen molar-refractivity contribution in [3.05, 3.63) is 29.6 Å². The van der Waals surface area contributed by atoms with Crippen molar-refractivity contribution in [2.75, 3.05) is 7.05 Å². The fourth-order valence-electron chi connectivity index (χ4n) is 1.62. The molecular formula is C11H13N3OS. The Bertz CT molecular complexity index is 535. The number of hydrogen-bond acceptors (Lipinski definition) is 2. The summed E-state index contributed by atoms with van der Waals surface area (Å²) in [5.74, 6) is 0.894. The fourth-order valence-corrected chi connectivity index (χ4v) is 1.69. The van der Waals surface area contributed by atoms with E-state index in [9.17, 15) is 4.79 Å². The molecule has 0 unspecified atom stereocenters. The molecule has 1 amide bonds. The summed E-state index contributed by atoms with van der Waals surface area (Å²) in [5, 5.41) is -0.235. The number of aryl methyl sites for hydroxylation is 1. The Labute approximate surface area is 99.1 Å². The van der Waals surface area contributed by atoms with Crippen LogP contribution in [0.1, 0.15) is 11.4 Å². The second kappa shape index (κ2) is 4.17. The minimum absolute atomic E-state index is 0.235. The highest BCUT2D eigenvalue weighted by Gasteiger charge is 2.06. The highest BCUT2D eigenvalue weighted by molar-refractivity contribution is 7.96. The molecule has 0 aliphatic heterocycles. The Hall–Kier alpha value is -1.49. The zero-order valence-corrected chi connectivity index (χ0v) is 10.1. The van der Waals surface area contributed by atoms with Gasteiger partial charge in [0.25, 0.3) is 5.24 Å². The van der Waals surface area contributed by atoms with E-state index in [1.165, 1.54) is 0 Å². The van der Waals surface area contributed by atoms with Crippen LogP contribution in [0.4, 0.5) is 4.79 Å². The van der Waals surface area contributed by atoms with Crippen LogP contribution in [0.25, 0.3) is 11.0 Å². The highest BCUT2D eigenvalue weighted by Crippen LogP contribution is 2.15. The van der Waals surface area contributed by atoms with Gasteiger partial charge in [0.2, 0.25) is 0 Å². The van der Waals surface area contributed by atoms with Crippen LogP contribution in [0.5, 0.6) is 0 Å². The fraction of sp³-hybridized carbons (Fsp3) is 0.273. The van der Waals surface area contributed by atoms with Crippen LogP contribution < -0.4 is 0 Å². The Morgan fingerprint density at radius 2 is 2.31 bits per heavy atom. The number of nitrogens with zero attached hydrogens (tertiary/aromatic N) is 2. The van der Waals surface area contributed by atoms with E-state index in [0.717, 1.165) is 22.4 Å². The minimum Gasteiger partial charge on any atom is -0.342 e. The number of H-pyrrole nitrogens is 1. The van der Waals surface area contributed by atoms with Gasteiger partial charge in [0.05, 0.1) is 11.0 Å². The monoisotopic (exact) mass is 235 g/mol. The maximum Gasteiger partial charge on any atom is 0.278 e. The minimum atomic E-state index is -0.235. The lowest BCUT2D eigenvalue weighted by atomic mass is 10.2. The summed E-state index contributed by atoms with van der Waals surface area (Å²) in [6.45, 7) is 2.47. The molecule has 1 heterocycles. The second-order valence-electron chi connectivity index (χ2n) is 3.81. The van der Waals surface area contributed by atoms with Gasteiger partial charge < -0.3 is 9.88 Å². The van der Waals surface area contributed by atoms with Crippen LogP contribution in [0.15, 0.2) is 18.2 Å². The van der Waals surface area contributed by atoms with Gasteiger partial charge in [-0.2, -0.15) is 0 Å². The van der Waals surface area contributed by atoms with E-state index in [-0.39, 0.29) is 5.24 Å². The standard InChI is InChI=1S/C11H13N3OS/c1-7-12-9-4-3-8(5-10(9)13-7)6-14(2)11(15)16/h3-5H,6H2,1-2H3,(H,12,13)(H,15,16). The van der Waals surface area contributed by atoms with Crippen LogP contribution in [-0.2, 0) is 6.54 Å². The summed E-state index contributed by atoms with van der Waals surface area (Å²) in [6, 6.07) is 5.92. The van der Waals surface area contributed by atoms with E-state index < -0.39 is 0 Å². The number of benzene rings is 1. The Morgan fingerprint density at radius 1 is 1.56 bits per heavy atom. The number of carbonyl (C=O) groups excluding carboxylic acids is 1. The van der Waals surface area contributed by atoms with Crippen LogP contribution in [0.2, 0.25) is 0 Å². The number of rotatable bonds is 2. The number of amides is 1. The Kier molecular flexibility index (Phi) is 2.87. The van der Waals surface area contributed by atoms with Crippen molar-refractivity contribution < 1.29 is 4.79 Å². The molecular weight excluding hydrogens is 222 g/mol. The first-order chi connectivity index (χ1) is 7.56. The van der Waals surface area contributed by atoms with E-state index in [4.69, 9.17) is 0 Å². The normalized spacial score (nSPS) is 10.7. The van der Waals surface area contributed by atoms with Crippen molar-refractivity contribution in [3.63, 3.8) is 0 Å². The topological polar surface area (TPSA) is 49.0 Å². The highest BCUT2D eigenvalue weighted by atomic mass is 32.1. The van der Waals surface area contributed by atoms with Gasteiger partial charge in [0.15, 0.2) is 0 Å². The number of nitrogens with one attached hydrogen (secondary N) is 1. The summed E-state index contributed by atoms with van der Waals surface area (Å²) < 4.78 is 0. The Balaban J connectivity index is 2.28. The van der Waals surface area contributed by atoms with Crippen LogP contribution in [0.3, 0.4) is 0 Å². The number of thiol groups is 1. The number of carbonyl (C=O) groups is 1. The zero-order valence-electron chi connectivity index (χ0n) is 9.19. The Morgan fingerprint density at radius 3 is 3.00 bits per heavy atom. The molecule has 0 saturated heterocycles. The van der Waals surface area contributed by atoms with Gasteiger partial charge in [-0.1, -0.05) is 18.7 Å². The third-order valence-corrected chi connectivity index (χ3v) is 2.75. The molecule has 0 bridgehead atoms. The van der Waals surface area contributed by atoms with Crippen molar-refractivity contribution in [1.82, 2.24) is 14.9 Å². The molecule has 0 spiro atoms. The predicted octanol–water partition coefficient (Wildman–Crippen LogP) is 2.35. The van der Waals surface area contributed by atoms with E-state index >= 15 is 0 Å². The predicted molar refractivity (Wildman–Crippen MR) is 66.7 cm³/mol. The number of imidazole rings is 1. The van der Waals surface area contributed by atoms with Crippen LogP contribution in [-0.4, -0.2) is 27.2 Å². The molecule has 84 valence electrons. The summed E-state index contributed by atoms with van der Waals surface area (Å²) in [4.78, 5) is 20.0. The smallest absolute Gasteiger partial charge is 0.278 e. The molecule has 1 aromatic carbocycles. The SMILES string of the molecule is Cc1nc2ccc(CN(C)C(=O)S)cc2[nH]1.